The molecule has 1 heterocycles. The summed E-state index contributed by atoms with van der Waals surface area (Å²) in [5.41, 5.74) is 6.17. The van der Waals surface area contributed by atoms with Crippen molar-refractivity contribution >= 4 is 5.91 Å². The molecule has 21 heavy (non-hydrogen) atoms. The second kappa shape index (κ2) is 7.61. The number of nitrogens with two attached hydrogens (primary N) is 1. The summed E-state index contributed by atoms with van der Waals surface area (Å²) in [7, 11) is 3.93. The van der Waals surface area contributed by atoms with Crippen LogP contribution in [0.1, 0.15) is 45.4 Å². The molecule has 5 heteroatoms. The molecule has 1 rings (SSSR count). The number of furan rings is 1. The molecule has 0 spiro atoms. The third-order valence-corrected chi connectivity index (χ3v) is 3.31. The number of nitrogens with zero attached hydrogens (tertiary/aromatic N) is 1. The zero-order valence-corrected chi connectivity index (χ0v) is 13.8. The highest BCUT2D eigenvalue weighted by atomic mass is 16.3. The van der Waals surface area contributed by atoms with Crippen molar-refractivity contribution in [3.05, 3.63) is 24.2 Å². The maximum atomic E-state index is 12.0. The van der Waals surface area contributed by atoms with Gasteiger partial charge in [-0.3, -0.25) is 9.69 Å². The first-order chi connectivity index (χ1) is 9.69. The van der Waals surface area contributed by atoms with Crippen LogP contribution in [0.25, 0.3) is 0 Å². The molecule has 0 aromatic carbocycles. The van der Waals surface area contributed by atoms with Gasteiger partial charge >= 0.3 is 0 Å². The minimum absolute atomic E-state index is 0.00911. The van der Waals surface area contributed by atoms with Crippen LogP contribution in [0.3, 0.4) is 0 Å². The summed E-state index contributed by atoms with van der Waals surface area (Å²) in [5.74, 6) is 0.837. The quantitative estimate of drug-likeness (QED) is 0.808. The van der Waals surface area contributed by atoms with Gasteiger partial charge in [-0.2, -0.15) is 0 Å². The highest BCUT2D eigenvalue weighted by molar-refractivity contribution is 5.76. The van der Waals surface area contributed by atoms with Crippen LogP contribution in [0.15, 0.2) is 22.8 Å². The molecule has 0 aliphatic heterocycles. The van der Waals surface area contributed by atoms with E-state index in [9.17, 15) is 4.79 Å². The Hall–Kier alpha value is -1.33. The summed E-state index contributed by atoms with van der Waals surface area (Å²) >= 11 is 0. The van der Waals surface area contributed by atoms with E-state index in [1.54, 1.807) is 6.26 Å². The minimum Gasteiger partial charge on any atom is -0.468 e. The van der Waals surface area contributed by atoms with Crippen molar-refractivity contribution < 1.29 is 9.21 Å². The molecule has 2 unspecified atom stereocenters. The van der Waals surface area contributed by atoms with Crippen LogP contribution in [0.5, 0.6) is 0 Å². The molecule has 1 aromatic rings. The van der Waals surface area contributed by atoms with E-state index in [0.29, 0.717) is 13.0 Å². The molecular weight excluding hydrogens is 266 g/mol. The third kappa shape index (κ3) is 6.78. The van der Waals surface area contributed by atoms with Gasteiger partial charge in [-0.1, -0.05) is 20.8 Å². The molecule has 5 nitrogen and oxygen atoms in total. The summed E-state index contributed by atoms with van der Waals surface area (Å²) in [6.07, 6.45) is 2.83. The Morgan fingerprint density at radius 1 is 1.43 bits per heavy atom. The van der Waals surface area contributed by atoms with E-state index in [1.807, 2.05) is 31.1 Å². The predicted molar refractivity (Wildman–Crippen MR) is 84.8 cm³/mol. The lowest BCUT2D eigenvalue weighted by molar-refractivity contribution is -0.121. The van der Waals surface area contributed by atoms with Crippen molar-refractivity contribution in [3.8, 4) is 0 Å². The van der Waals surface area contributed by atoms with Gasteiger partial charge in [0.1, 0.15) is 5.76 Å². The fraction of sp³-hybridized carbons (Fsp3) is 0.688. The Labute approximate surface area is 127 Å². The molecule has 0 radical (unpaired) electrons. The molecular formula is C16H29N3O2. The van der Waals surface area contributed by atoms with Gasteiger partial charge in [-0.05, 0) is 38.1 Å². The van der Waals surface area contributed by atoms with Gasteiger partial charge in [0.2, 0.25) is 5.91 Å². The number of rotatable bonds is 7. The Bertz CT molecular complexity index is 421. The Balaban J connectivity index is 2.44. The zero-order valence-electron chi connectivity index (χ0n) is 13.8. The third-order valence-electron chi connectivity index (χ3n) is 3.31. The minimum atomic E-state index is -0.105. The van der Waals surface area contributed by atoms with E-state index in [1.165, 1.54) is 0 Å². The number of hydrogen-bond donors (Lipinski definition) is 2. The highest BCUT2D eigenvalue weighted by Gasteiger charge is 2.20. The molecule has 0 saturated carbocycles. The first-order valence-corrected chi connectivity index (χ1v) is 7.41. The summed E-state index contributed by atoms with van der Waals surface area (Å²) in [5, 5.41) is 2.95. The van der Waals surface area contributed by atoms with Crippen LogP contribution in [0.4, 0.5) is 0 Å². The Kier molecular flexibility index (Phi) is 6.42. The molecule has 0 saturated heterocycles. The predicted octanol–water partition coefficient (Wildman–Crippen LogP) is 2.15. The van der Waals surface area contributed by atoms with Crippen molar-refractivity contribution in [2.24, 2.45) is 11.1 Å². The standard InChI is InChI=1S/C16H29N3O2/c1-16(2,3)10-12(17)9-15(20)18-11-13(19(4)5)14-7-6-8-21-14/h6-8,12-13H,9-11,17H2,1-5H3,(H,18,20). The van der Waals surface area contributed by atoms with E-state index >= 15 is 0 Å². The monoisotopic (exact) mass is 295 g/mol. The van der Waals surface area contributed by atoms with Gasteiger partial charge in [0.05, 0.1) is 12.3 Å². The van der Waals surface area contributed by atoms with Crippen molar-refractivity contribution in [1.82, 2.24) is 10.2 Å². The van der Waals surface area contributed by atoms with Gasteiger partial charge in [0.25, 0.3) is 0 Å². The van der Waals surface area contributed by atoms with Gasteiger partial charge < -0.3 is 15.5 Å². The van der Waals surface area contributed by atoms with Gasteiger partial charge in [0, 0.05) is 19.0 Å². The van der Waals surface area contributed by atoms with Gasteiger partial charge in [-0.15, -0.1) is 0 Å². The molecule has 0 aliphatic rings. The first-order valence-electron chi connectivity index (χ1n) is 7.41. The fourth-order valence-corrected chi connectivity index (χ4v) is 2.40. The van der Waals surface area contributed by atoms with E-state index in [4.69, 9.17) is 10.2 Å². The fourth-order valence-electron chi connectivity index (χ4n) is 2.40. The molecule has 1 amide bonds. The van der Waals surface area contributed by atoms with E-state index in [2.05, 4.69) is 26.1 Å². The lowest BCUT2D eigenvalue weighted by Gasteiger charge is -2.24. The average Bonchev–Trinajstić information content (AvgIpc) is 2.79. The van der Waals surface area contributed by atoms with E-state index in [0.717, 1.165) is 12.2 Å². The number of carbonyl (C=O) groups excluding carboxylic acids is 1. The molecule has 0 aliphatic carbocycles. The lowest BCUT2D eigenvalue weighted by atomic mass is 9.87. The van der Waals surface area contributed by atoms with Crippen molar-refractivity contribution in [2.75, 3.05) is 20.6 Å². The largest absolute Gasteiger partial charge is 0.468 e. The van der Waals surface area contributed by atoms with E-state index in [-0.39, 0.29) is 23.4 Å². The SMILES string of the molecule is CN(C)C(CNC(=O)CC(N)CC(C)(C)C)c1ccco1. The number of likely N-dealkylation sites (N-methyl/N-ethyl adjacent to an activating group) is 1. The molecule has 0 bridgehead atoms. The Morgan fingerprint density at radius 2 is 2.10 bits per heavy atom. The summed E-state index contributed by atoms with van der Waals surface area (Å²) < 4.78 is 5.42. The van der Waals surface area contributed by atoms with E-state index < -0.39 is 0 Å². The molecule has 3 N–H and O–H groups in total. The van der Waals surface area contributed by atoms with Crippen molar-refractivity contribution in [2.45, 2.75) is 45.7 Å². The lowest BCUT2D eigenvalue weighted by Crippen LogP contribution is -2.38. The molecule has 120 valence electrons. The van der Waals surface area contributed by atoms with Crippen LogP contribution in [0.2, 0.25) is 0 Å². The smallest absolute Gasteiger partial charge is 0.221 e. The molecule has 1 aromatic heterocycles. The van der Waals surface area contributed by atoms with Crippen LogP contribution < -0.4 is 11.1 Å². The average molecular weight is 295 g/mol. The van der Waals surface area contributed by atoms with Crippen LogP contribution in [-0.4, -0.2) is 37.5 Å². The molecule has 2 atom stereocenters. The van der Waals surface area contributed by atoms with Gasteiger partial charge in [-0.25, -0.2) is 0 Å². The molecule has 0 fully saturated rings. The highest BCUT2D eigenvalue weighted by Crippen LogP contribution is 2.21. The van der Waals surface area contributed by atoms with Gasteiger partial charge in [0.15, 0.2) is 0 Å². The number of amides is 1. The second-order valence-electron chi connectivity index (χ2n) is 7.03. The van der Waals surface area contributed by atoms with Crippen molar-refractivity contribution in [3.63, 3.8) is 0 Å². The van der Waals surface area contributed by atoms with Crippen LogP contribution >= 0.6 is 0 Å². The van der Waals surface area contributed by atoms with Crippen molar-refractivity contribution in [1.29, 1.82) is 0 Å². The topological polar surface area (TPSA) is 71.5 Å². The summed E-state index contributed by atoms with van der Waals surface area (Å²) in [4.78, 5) is 14.0. The normalized spacial score (nSPS) is 15.0. The summed E-state index contributed by atoms with van der Waals surface area (Å²) in [6.45, 7) is 6.90. The first kappa shape index (κ1) is 17.7. The maximum Gasteiger partial charge on any atom is 0.221 e. The van der Waals surface area contributed by atoms with Crippen LogP contribution in [-0.2, 0) is 4.79 Å². The number of hydrogen-bond acceptors (Lipinski definition) is 4. The number of nitrogens with one attached hydrogen (secondary N) is 1. The summed E-state index contributed by atoms with van der Waals surface area (Å²) in [6, 6.07) is 3.70. The Morgan fingerprint density at radius 3 is 2.57 bits per heavy atom. The van der Waals surface area contributed by atoms with Crippen LogP contribution in [0, 0.1) is 5.41 Å². The zero-order chi connectivity index (χ0) is 16.0. The second-order valence-corrected chi connectivity index (χ2v) is 7.03. The maximum absolute atomic E-state index is 12.0. The number of carbonyl (C=O) groups is 1.